The summed E-state index contributed by atoms with van der Waals surface area (Å²) in [4.78, 5) is 50.9. The molecule has 1 N–H and O–H groups in total. The Labute approximate surface area is 202 Å². The van der Waals surface area contributed by atoms with Crippen molar-refractivity contribution in [3.8, 4) is 0 Å². The van der Waals surface area contributed by atoms with Gasteiger partial charge in [0.1, 0.15) is 0 Å². The third-order valence-electron chi connectivity index (χ3n) is 5.63. The fraction of sp³-hybridized carbons (Fsp3) is 0.259. The van der Waals surface area contributed by atoms with Crippen molar-refractivity contribution in [1.82, 2.24) is 0 Å². The van der Waals surface area contributed by atoms with Gasteiger partial charge in [0.25, 0.3) is 5.91 Å². The zero-order valence-electron chi connectivity index (χ0n) is 19.5. The van der Waals surface area contributed by atoms with Gasteiger partial charge in [-0.15, -0.1) is 0 Å². The van der Waals surface area contributed by atoms with E-state index in [-0.39, 0.29) is 25.0 Å². The minimum absolute atomic E-state index is 0.0130. The quantitative estimate of drug-likeness (QED) is 0.521. The SMILES string of the molecule is CC(C)OC(=O)c1ccc(N2C[C@@H](C(=O)OCC(=O)Nc3cccc4ccccc34)CC2=O)cc1. The first kappa shape index (κ1) is 23.9. The van der Waals surface area contributed by atoms with Gasteiger partial charge in [-0.1, -0.05) is 36.4 Å². The number of carbonyl (C=O) groups excluding carboxylic acids is 4. The van der Waals surface area contributed by atoms with E-state index in [1.165, 1.54) is 4.90 Å². The number of rotatable bonds is 7. The Kier molecular flexibility index (Phi) is 7.10. The molecular formula is C27H26N2O6. The number of esters is 2. The van der Waals surface area contributed by atoms with Crippen molar-refractivity contribution in [2.75, 3.05) is 23.4 Å². The van der Waals surface area contributed by atoms with Crippen LogP contribution in [0.25, 0.3) is 10.8 Å². The molecule has 0 spiro atoms. The van der Waals surface area contributed by atoms with Crippen molar-refractivity contribution < 1.29 is 28.7 Å². The zero-order chi connectivity index (χ0) is 24.9. The van der Waals surface area contributed by atoms with Crippen molar-refractivity contribution in [1.29, 1.82) is 0 Å². The number of ether oxygens (including phenoxy) is 2. The smallest absolute Gasteiger partial charge is 0.338 e. The van der Waals surface area contributed by atoms with Crippen LogP contribution >= 0.6 is 0 Å². The molecule has 0 unspecified atom stereocenters. The lowest BCUT2D eigenvalue weighted by Gasteiger charge is -2.17. The third kappa shape index (κ3) is 5.66. The normalized spacial score (nSPS) is 15.3. The van der Waals surface area contributed by atoms with Gasteiger partial charge in [0.2, 0.25) is 5.91 Å². The molecule has 8 heteroatoms. The van der Waals surface area contributed by atoms with Gasteiger partial charge < -0.3 is 19.7 Å². The van der Waals surface area contributed by atoms with Crippen LogP contribution in [0.1, 0.15) is 30.6 Å². The molecule has 0 aliphatic carbocycles. The molecule has 8 nitrogen and oxygen atoms in total. The van der Waals surface area contributed by atoms with Gasteiger partial charge >= 0.3 is 11.9 Å². The number of hydrogen-bond acceptors (Lipinski definition) is 6. The summed E-state index contributed by atoms with van der Waals surface area (Å²) in [5, 5.41) is 4.64. The Morgan fingerprint density at radius 2 is 1.71 bits per heavy atom. The first-order chi connectivity index (χ1) is 16.8. The van der Waals surface area contributed by atoms with Gasteiger partial charge in [-0.05, 0) is 49.6 Å². The zero-order valence-corrected chi connectivity index (χ0v) is 19.5. The van der Waals surface area contributed by atoms with Crippen molar-refractivity contribution >= 4 is 45.9 Å². The van der Waals surface area contributed by atoms with Crippen LogP contribution in [0.15, 0.2) is 66.7 Å². The standard InChI is InChI=1S/C27H26N2O6/c1-17(2)35-27(33)19-10-12-21(13-11-19)29-15-20(14-25(29)31)26(32)34-16-24(30)28-23-9-5-7-18-6-3-4-8-22(18)23/h3-13,17,20H,14-16H2,1-2H3,(H,28,30)/t20-/m0/s1. The van der Waals surface area contributed by atoms with Crippen LogP contribution in [0.4, 0.5) is 11.4 Å². The molecule has 35 heavy (non-hydrogen) atoms. The van der Waals surface area contributed by atoms with Crippen LogP contribution in [0.3, 0.4) is 0 Å². The molecule has 1 saturated heterocycles. The van der Waals surface area contributed by atoms with Gasteiger partial charge in [0.15, 0.2) is 6.61 Å². The highest BCUT2D eigenvalue weighted by atomic mass is 16.5. The number of hydrogen-bond donors (Lipinski definition) is 1. The van der Waals surface area contributed by atoms with Crippen LogP contribution in [0, 0.1) is 5.92 Å². The molecule has 0 aromatic heterocycles. The fourth-order valence-corrected chi connectivity index (χ4v) is 3.95. The molecule has 3 aromatic rings. The Morgan fingerprint density at radius 3 is 2.46 bits per heavy atom. The number of carbonyl (C=O) groups is 4. The van der Waals surface area contributed by atoms with Crippen molar-refractivity contribution in [3.05, 3.63) is 72.3 Å². The molecule has 1 aliphatic rings. The predicted molar refractivity (Wildman–Crippen MR) is 131 cm³/mol. The van der Waals surface area contributed by atoms with E-state index in [9.17, 15) is 19.2 Å². The van der Waals surface area contributed by atoms with E-state index in [0.717, 1.165) is 10.8 Å². The average Bonchev–Trinajstić information content (AvgIpc) is 3.24. The fourth-order valence-electron chi connectivity index (χ4n) is 3.95. The summed E-state index contributed by atoms with van der Waals surface area (Å²) in [5.74, 6) is -2.42. The lowest BCUT2D eigenvalue weighted by atomic mass is 10.1. The number of nitrogens with zero attached hydrogens (tertiary/aromatic N) is 1. The van der Waals surface area contributed by atoms with Gasteiger partial charge in [0.05, 0.1) is 17.6 Å². The second kappa shape index (κ2) is 10.4. The highest BCUT2D eigenvalue weighted by Gasteiger charge is 2.36. The van der Waals surface area contributed by atoms with Crippen molar-refractivity contribution in [2.24, 2.45) is 5.92 Å². The maximum absolute atomic E-state index is 12.5. The minimum Gasteiger partial charge on any atom is -0.459 e. The highest BCUT2D eigenvalue weighted by Crippen LogP contribution is 2.27. The summed E-state index contributed by atoms with van der Waals surface area (Å²) in [6.07, 6.45) is -0.246. The van der Waals surface area contributed by atoms with E-state index in [1.54, 1.807) is 44.2 Å². The van der Waals surface area contributed by atoms with E-state index in [0.29, 0.717) is 16.9 Å². The van der Waals surface area contributed by atoms with Crippen LogP contribution in [-0.2, 0) is 23.9 Å². The minimum atomic E-state index is -0.682. The summed E-state index contributed by atoms with van der Waals surface area (Å²) in [6, 6.07) is 19.6. The lowest BCUT2D eigenvalue weighted by Crippen LogP contribution is -2.28. The van der Waals surface area contributed by atoms with Gasteiger partial charge in [-0.2, -0.15) is 0 Å². The molecule has 180 valence electrons. The van der Waals surface area contributed by atoms with Gasteiger partial charge in [-0.25, -0.2) is 4.79 Å². The number of nitrogens with one attached hydrogen (secondary N) is 1. The van der Waals surface area contributed by atoms with E-state index < -0.39 is 30.4 Å². The molecule has 1 atom stereocenters. The van der Waals surface area contributed by atoms with Crippen LogP contribution in [-0.4, -0.2) is 43.0 Å². The van der Waals surface area contributed by atoms with E-state index in [1.807, 2.05) is 36.4 Å². The molecule has 1 aliphatic heterocycles. The summed E-state index contributed by atoms with van der Waals surface area (Å²) in [6.45, 7) is 3.22. The largest absolute Gasteiger partial charge is 0.459 e. The number of benzene rings is 3. The van der Waals surface area contributed by atoms with Gasteiger partial charge in [0, 0.05) is 29.7 Å². The van der Waals surface area contributed by atoms with Gasteiger partial charge in [-0.3, -0.25) is 14.4 Å². The van der Waals surface area contributed by atoms with E-state index in [4.69, 9.17) is 9.47 Å². The Bertz CT molecular complexity index is 1260. The second-order valence-corrected chi connectivity index (χ2v) is 8.59. The molecule has 4 rings (SSSR count). The molecule has 0 radical (unpaired) electrons. The Balaban J connectivity index is 1.31. The lowest BCUT2D eigenvalue weighted by molar-refractivity contribution is -0.151. The number of fused-ring (bicyclic) bond motifs is 1. The Hall–Kier alpha value is -4.20. The van der Waals surface area contributed by atoms with Crippen molar-refractivity contribution in [3.63, 3.8) is 0 Å². The maximum atomic E-state index is 12.5. The summed E-state index contributed by atoms with van der Waals surface area (Å²) < 4.78 is 10.4. The summed E-state index contributed by atoms with van der Waals surface area (Å²) >= 11 is 0. The molecule has 0 saturated carbocycles. The second-order valence-electron chi connectivity index (χ2n) is 8.59. The molecule has 0 bridgehead atoms. The summed E-state index contributed by atoms with van der Waals surface area (Å²) in [7, 11) is 0. The molecular weight excluding hydrogens is 448 g/mol. The Morgan fingerprint density at radius 1 is 1.00 bits per heavy atom. The first-order valence-corrected chi connectivity index (χ1v) is 11.4. The highest BCUT2D eigenvalue weighted by molar-refractivity contribution is 6.03. The summed E-state index contributed by atoms with van der Waals surface area (Å²) in [5.41, 5.74) is 1.58. The molecule has 2 amide bonds. The first-order valence-electron chi connectivity index (χ1n) is 11.4. The monoisotopic (exact) mass is 474 g/mol. The van der Waals surface area contributed by atoms with Crippen LogP contribution in [0.5, 0.6) is 0 Å². The number of anilines is 2. The molecule has 1 heterocycles. The average molecular weight is 475 g/mol. The topological polar surface area (TPSA) is 102 Å². The molecule has 1 fully saturated rings. The number of amides is 2. The van der Waals surface area contributed by atoms with Crippen LogP contribution in [0.2, 0.25) is 0 Å². The predicted octanol–water partition coefficient (Wildman–Crippen LogP) is 3.94. The molecule has 3 aromatic carbocycles. The van der Waals surface area contributed by atoms with E-state index in [2.05, 4.69) is 5.32 Å². The van der Waals surface area contributed by atoms with Crippen LogP contribution < -0.4 is 10.2 Å². The third-order valence-corrected chi connectivity index (χ3v) is 5.63. The van der Waals surface area contributed by atoms with Crippen molar-refractivity contribution in [2.45, 2.75) is 26.4 Å². The van der Waals surface area contributed by atoms with E-state index >= 15 is 0 Å². The maximum Gasteiger partial charge on any atom is 0.338 e.